The Morgan fingerprint density at radius 3 is 2.74 bits per heavy atom. The van der Waals surface area contributed by atoms with Gasteiger partial charge >= 0.3 is 0 Å². The van der Waals surface area contributed by atoms with Gasteiger partial charge in [0.05, 0.1) is 24.0 Å². The van der Waals surface area contributed by atoms with Crippen molar-refractivity contribution in [2.24, 2.45) is 0 Å². The minimum atomic E-state index is -0.402. The van der Waals surface area contributed by atoms with E-state index in [1.807, 2.05) is 0 Å². The molecule has 2 aliphatic rings. The van der Waals surface area contributed by atoms with E-state index < -0.39 is 6.17 Å². The lowest BCUT2D eigenvalue weighted by molar-refractivity contribution is -0.895. The highest BCUT2D eigenvalue weighted by molar-refractivity contribution is 7.16. The molecule has 0 radical (unpaired) electrons. The van der Waals surface area contributed by atoms with Crippen LogP contribution >= 0.6 is 34.5 Å². The maximum atomic E-state index is 12.7. The number of carbonyl (C=O) groups is 1. The number of hydrogen-bond donors (Lipinski definition) is 3. The molecule has 0 saturated carbocycles. The van der Waals surface area contributed by atoms with Crippen molar-refractivity contribution < 1.29 is 9.69 Å². The molecule has 0 saturated heterocycles. The molecule has 120 valence electrons. The fourth-order valence-electron chi connectivity index (χ4n) is 3.26. The Hall–Kier alpha value is -1.27. The Morgan fingerprint density at radius 2 is 2.00 bits per heavy atom. The fourth-order valence-corrected chi connectivity index (χ4v) is 5.27. The van der Waals surface area contributed by atoms with E-state index >= 15 is 0 Å². The van der Waals surface area contributed by atoms with Crippen LogP contribution in [0.3, 0.4) is 0 Å². The molecular weight excluding hydrogens is 353 g/mol. The zero-order chi connectivity index (χ0) is 16.1. The molecular formula is C16H16Cl2N3OS+. The van der Waals surface area contributed by atoms with Crippen LogP contribution in [0.25, 0.3) is 0 Å². The van der Waals surface area contributed by atoms with E-state index in [4.69, 9.17) is 23.2 Å². The standard InChI is InChI=1S/C16H15Cl2N3OS/c1-21-6-5-8-11(7-21)23-16-12(8)15(22)19-14(20-16)13-9(17)3-2-4-10(13)18/h2-4,14,20H,5-7H2,1H3,(H,19,22)/p+1/t14-/m0/s1. The zero-order valence-corrected chi connectivity index (χ0v) is 14.8. The second kappa shape index (κ2) is 5.67. The molecule has 2 aliphatic heterocycles. The third-order valence-corrected chi connectivity index (χ3v) is 6.24. The number of quaternary nitrogens is 1. The van der Waals surface area contributed by atoms with E-state index in [2.05, 4.69) is 17.7 Å². The predicted octanol–water partition coefficient (Wildman–Crippen LogP) is 2.48. The lowest BCUT2D eigenvalue weighted by atomic mass is 10.0. The Balaban J connectivity index is 1.75. The number of hydrogen-bond acceptors (Lipinski definition) is 3. The average molecular weight is 369 g/mol. The molecule has 0 aliphatic carbocycles. The third-order valence-electron chi connectivity index (χ3n) is 4.42. The Morgan fingerprint density at radius 1 is 1.26 bits per heavy atom. The fraction of sp³-hybridized carbons (Fsp3) is 0.312. The summed E-state index contributed by atoms with van der Waals surface area (Å²) in [5, 5.41) is 8.42. The highest BCUT2D eigenvalue weighted by atomic mass is 35.5. The van der Waals surface area contributed by atoms with Crippen molar-refractivity contribution in [1.82, 2.24) is 5.32 Å². The minimum Gasteiger partial charge on any atom is -0.353 e. The Labute approximate surface area is 148 Å². The number of thiophene rings is 1. The first-order valence-corrected chi connectivity index (χ1v) is 9.09. The van der Waals surface area contributed by atoms with E-state index in [-0.39, 0.29) is 5.91 Å². The van der Waals surface area contributed by atoms with Crippen LogP contribution in [-0.2, 0) is 13.0 Å². The van der Waals surface area contributed by atoms with Crippen molar-refractivity contribution in [2.45, 2.75) is 19.1 Å². The SMILES string of the molecule is C[NH+]1CCc2c(sc3c2C(=O)N[C@H](c2c(Cl)cccc2Cl)N3)C1. The van der Waals surface area contributed by atoms with Crippen molar-refractivity contribution >= 4 is 45.4 Å². The van der Waals surface area contributed by atoms with Crippen molar-refractivity contribution in [1.29, 1.82) is 0 Å². The second-order valence-electron chi connectivity index (χ2n) is 6.03. The number of benzene rings is 1. The third kappa shape index (κ3) is 2.52. The summed E-state index contributed by atoms with van der Waals surface area (Å²) >= 11 is 14.2. The first-order chi connectivity index (χ1) is 11.0. The van der Waals surface area contributed by atoms with E-state index in [0.29, 0.717) is 15.6 Å². The van der Waals surface area contributed by atoms with Crippen molar-refractivity contribution in [3.05, 3.63) is 49.8 Å². The molecule has 2 atom stereocenters. The summed E-state index contributed by atoms with van der Waals surface area (Å²) in [6.07, 6.45) is 0.543. The maximum Gasteiger partial charge on any atom is 0.256 e. The number of halogens is 2. The van der Waals surface area contributed by atoms with Gasteiger partial charge in [0.25, 0.3) is 5.91 Å². The molecule has 0 bridgehead atoms. The highest BCUT2D eigenvalue weighted by Gasteiger charge is 2.34. The topological polar surface area (TPSA) is 45.6 Å². The Kier molecular flexibility index (Phi) is 3.76. The van der Waals surface area contributed by atoms with Gasteiger partial charge in [-0.05, 0) is 17.7 Å². The predicted molar refractivity (Wildman–Crippen MR) is 93.8 cm³/mol. The summed E-state index contributed by atoms with van der Waals surface area (Å²) in [5.74, 6) is -0.0446. The number of anilines is 1. The maximum absolute atomic E-state index is 12.7. The van der Waals surface area contributed by atoms with E-state index in [9.17, 15) is 4.79 Å². The average Bonchev–Trinajstić information content (AvgIpc) is 2.84. The monoisotopic (exact) mass is 368 g/mol. The van der Waals surface area contributed by atoms with Crippen LogP contribution in [0.5, 0.6) is 0 Å². The molecule has 23 heavy (non-hydrogen) atoms. The number of carbonyl (C=O) groups excluding carboxylic acids is 1. The van der Waals surface area contributed by atoms with Gasteiger partial charge in [0, 0.05) is 22.0 Å². The van der Waals surface area contributed by atoms with Crippen LogP contribution in [0.2, 0.25) is 10.0 Å². The molecule has 1 aromatic carbocycles. The summed E-state index contributed by atoms with van der Waals surface area (Å²) in [7, 11) is 2.18. The number of likely N-dealkylation sites (N-methyl/N-ethyl adjacent to an activating group) is 1. The van der Waals surface area contributed by atoms with Crippen LogP contribution in [0, 0.1) is 0 Å². The molecule has 1 amide bonds. The number of fused-ring (bicyclic) bond motifs is 3. The van der Waals surface area contributed by atoms with Crippen LogP contribution in [0.15, 0.2) is 18.2 Å². The van der Waals surface area contributed by atoms with Gasteiger partial charge in [-0.3, -0.25) is 4.79 Å². The molecule has 1 aromatic heterocycles. The van der Waals surface area contributed by atoms with Gasteiger partial charge in [0.1, 0.15) is 17.7 Å². The van der Waals surface area contributed by atoms with Crippen LogP contribution < -0.4 is 15.5 Å². The van der Waals surface area contributed by atoms with E-state index in [1.165, 1.54) is 15.3 Å². The molecule has 2 aromatic rings. The van der Waals surface area contributed by atoms with Crippen molar-refractivity contribution in [2.75, 3.05) is 18.9 Å². The molecule has 0 spiro atoms. The molecule has 3 N–H and O–H groups in total. The van der Waals surface area contributed by atoms with Gasteiger partial charge in [-0.15, -0.1) is 11.3 Å². The molecule has 1 unspecified atom stereocenters. The first-order valence-electron chi connectivity index (χ1n) is 7.51. The van der Waals surface area contributed by atoms with Gasteiger partial charge in [0.15, 0.2) is 0 Å². The molecule has 7 heteroatoms. The van der Waals surface area contributed by atoms with Gasteiger partial charge in [-0.2, -0.15) is 0 Å². The lowest BCUT2D eigenvalue weighted by Crippen LogP contribution is -3.08. The normalized spacial score (nSPS) is 22.8. The van der Waals surface area contributed by atoms with E-state index in [1.54, 1.807) is 29.5 Å². The second-order valence-corrected chi connectivity index (χ2v) is 7.95. The summed E-state index contributed by atoms with van der Waals surface area (Å²) in [5.41, 5.74) is 2.71. The molecule has 4 nitrogen and oxygen atoms in total. The lowest BCUT2D eigenvalue weighted by Gasteiger charge is -2.28. The molecule has 0 fully saturated rings. The van der Waals surface area contributed by atoms with Gasteiger partial charge < -0.3 is 15.5 Å². The summed E-state index contributed by atoms with van der Waals surface area (Å²) < 4.78 is 0. The number of amides is 1. The van der Waals surface area contributed by atoms with Crippen LogP contribution in [0.4, 0.5) is 5.00 Å². The van der Waals surface area contributed by atoms with Crippen LogP contribution in [-0.4, -0.2) is 19.5 Å². The number of rotatable bonds is 1. The minimum absolute atomic E-state index is 0.0446. The van der Waals surface area contributed by atoms with Gasteiger partial charge in [-0.25, -0.2) is 0 Å². The largest absolute Gasteiger partial charge is 0.353 e. The molecule has 4 rings (SSSR count). The molecule has 3 heterocycles. The van der Waals surface area contributed by atoms with Crippen molar-refractivity contribution in [3.63, 3.8) is 0 Å². The van der Waals surface area contributed by atoms with Gasteiger partial charge in [-0.1, -0.05) is 29.3 Å². The Bertz CT molecular complexity index is 785. The quantitative estimate of drug-likeness (QED) is 0.723. The first kappa shape index (κ1) is 15.3. The number of nitrogens with one attached hydrogen (secondary N) is 3. The smallest absolute Gasteiger partial charge is 0.256 e. The van der Waals surface area contributed by atoms with Gasteiger partial charge in [0.2, 0.25) is 0 Å². The van der Waals surface area contributed by atoms with Crippen molar-refractivity contribution in [3.8, 4) is 0 Å². The summed E-state index contributed by atoms with van der Waals surface area (Å²) in [6.45, 7) is 2.03. The summed E-state index contributed by atoms with van der Waals surface area (Å²) in [6, 6.07) is 5.36. The highest BCUT2D eigenvalue weighted by Crippen LogP contribution is 2.41. The van der Waals surface area contributed by atoms with E-state index in [0.717, 1.165) is 30.1 Å². The van der Waals surface area contributed by atoms with Crippen LogP contribution in [0.1, 0.15) is 32.5 Å². The zero-order valence-electron chi connectivity index (χ0n) is 12.5. The summed E-state index contributed by atoms with van der Waals surface area (Å²) in [4.78, 5) is 15.4.